The van der Waals surface area contributed by atoms with Gasteiger partial charge < -0.3 is 34.3 Å². The monoisotopic (exact) mass is 540 g/mol. The Labute approximate surface area is 223 Å². The Bertz CT molecular complexity index is 1400. The Kier molecular flexibility index (Phi) is 9.17. The van der Waals surface area contributed by atoms with Crippen LogP contribution in [-0.2, 0) is 21.3 Å². The number of ether oxygens (including phenoxy) is 2. The number of amides is 3. The largest absolute Gasteiger partial charge is 0.426 e. The van der Waals surface area contributed by atoms with Gasteiger partial charge in [-0.1, -0.05) is 11.2 Å². The number of carbonyl (C=O) groups is 4. The molecule has 0 aliphatic heterocycles. The summed E-state index contributed by atoms with van der Waals surface area (Å²) in [6.45, 7) is 3.72. The van der Waals surface area contributed by atoms with Gasteiger partial charge in [0.25, 0.3) is 11.8 Å². The molecule has 0 spiro atoms. The number of hydrogen-bond acceptors (Lipinski definition) is 10. The maximum atomic E-state index is 13.3. The molecule has 3 amide bonds. The summed E-state index contributed by atoms with van der Waals surface area (Å²) in [6, 6.07) is 5.92. The molecule has 0 saturated carbocycles. The quantitative estimate of drug-likeness (QED) is 0.136. The molecule has 0 aliphatic carbocycles. The Hall–Kier alpha value is -4.98. The minimum atomic E-state index is -1.11. The van der Waals surface area contributed by atoms with Crippen molar-refractivity contribution in [2.24, 2.45) is 7.05 Å². The highest BCUT2D eigenvalue weighted by atomic mass is 16.7. The van der Waals surface area contributed by atoms with E-state index in [1.807, 2.05) is 0 Å². The molecular weight excluding hydrogens is 512 g/mol. The van der Waals surface area contributed by atoms with Crippen LogP contribution in [-0.4, -0.2) is 64.5 Å². The molecule has 3 aromatic rings. The number of benzene rings is 1. The van der Waals surface area contributed by atoms with Crippen molar-refractivity contribution in [2.75, 3.05) is 30.2 Å². The molecule has 3 rings (SSSR count). The average Bonchev–Trinajstić information content (AvgIpc) is 3.52. The minimum Gasteiger partial charge on any atom is -0.426 e. The van der Waals surface area contributed by atoms with Crippen molar-refractivity contribution < 1.29 is 38.3 Å². The SMILES string of the molecule is CCNC(=O)c1cn(C)c(C(=N)N(C(=O)OCOC(=O)CO)c2cc(C(=O)Nc3ccon3)ccc2C)c1C. The Morgan fingerprint density at radius 2 is 1.90 bits per heavy atom. The fourth-order valence-electron chi connectivity index (χ4n) is 3.71. The van der Waals surface area contributed by atoms with Gasteiger partial charge in [0.2, 0.25) is 6.79 Å². The van der Waals surface area contributed by atoms with Crippen molar-refractivity contribution in [2.45, 2.75) is 20.8 Å². The summed E-state index contributed by atoms with van der Waals surface area (Å²) >= 11 is 0. The van der Waals surface area contributed by atoms with E-state index < -0.39 is 31.4 Å². The molecule has 0 saturated heterocycles. The van der Waals surface area contributed by atoms with Crippen molar-refractivity contribution in [1.29, 1.82) is 5.41 Å². The molecular formula is C25H28N6O8. The predicted molar refractivity (Wildman–Crippen MR) is 138 cm³/mol. The van der Waals surface area contributed by atoms with E-state index in [9.17, 15) is 19.2 Å². The Morgan fingerprint density at radius 1 is 1.15 bits per heavy atom. The third kappa shape index (κ3) is 6.48. The van der Waals surface area contributed by atoms with Crippen molar-refractivity contribution in [3.8, 4) is 0 Å². The first-order chi connectivity index (χ1) is 18.6. The minimum absolute atomic E-state index is 0.117. The predicted octanol–water partition coefficient (Wildman–Crippen LogP) is 2.09. The van der Waals surface area contributed by atoms with Crippen molar-refractivity contribution in [3.05, 3.63) is 64.7 Å². The van der Waals surface area contributed by atoms with E-state index in [4.69, 9.17) is 19.8 Å². The molecule has 1 aromatic carbocycles. The third-order valence-electron chi connectivity index (χ3n) is 5.57. The van der Waals surface area contributed by atoms with Crippen LogP contribution in [0.3, 0.4) is 0 Å². The van der Waals surface area contributed by atoms with E-state index in [0.29, 0.717) is 23.2 Å². The first-order valence-corrected chi connectivity index (χ1v) is 11.7. The van der Waals surface area contributed by atoms with Crippen molar-refractivity contribution >= 4 is 41.2 Å². The van der Waals surface area contributed by atoms with Crippen LogP contribution in [0.1, 0.15) is 44.5 Å². The summed E-state index contributed by atoms with van der Waals surface area (Å²) in [6.07, 6.45) is 1.71. The molecule has 206 valence electrons. The number of aliphatic hydroxyl groups is 1. The maximum absolute atomic E-state index is 13.3. The summed E-state index contributed by atoms with van der Waals surface area (Å²) in [4.78, 5) is 50.8. The molecule has 0 unspecified atom stereocenters. The lowest BCUT2D eigenvalue weighted by atomic mass is 10.1. The van der Waals surface area contributed by atoms with Crippen LogP contribution in [0, 0.1) is 19.3 Å². The summed E-state index contributed by atoms with van der Waals surface area (Å²) in [5.41, 5.74) is 1.70. The van der Waals surface area contributed by atoms with Crippen LogP contribution in [0.5, 0.6) is 0 Å². The maximum Gasteiger partial charge on any atom is 0.423 e. The summed E-state index contributed by atoms with van der Waals surface area (Å²) in [7, 11) is 1.61. The molecule has 2 aromatic heterocycles. The van der Waals surface area contributed by atoms with Crippen LogP contribution >= 0.6 is 0 Å². The highest BCUT2D eigenvalue weighted by molar-refractivity contribution is 6.22. The zero-order valence-electron chi connectivity index (χ0n) is 21.7. The normalized spacial score (nSPS) is 10.5. The lowest BCUT2D eigenvalue weighted by Crippen LogP contribution is -2.40. The van der Waals surface area contributed by atoms with E-state index >= 15 is 0 Å². The molecule has 14 nitrogen and oxygen atoms in total. The zero-order valence-corrected chi connectivity index (χ0v) is 21.7. The lowest BCUT2D eigenvalue weighted by molar-refractivity contribution is -0.154. The number of nitrogens with zero attached hydrogens (tertiary/aromatic N) is 3. The molecule has 14 heteroatoms. The molecule has 0 bridgehead atoms. The number of aliphatic hydroxyl groups excluding tert-OH is 1. The van der Waals surface area contributed by atoms with Gasteiger partial charge in [0.15, 0.2) is 11.7 Å². The summed E-state index contributed by atoms with van der Waals surface area (Å²) < 4.78 is 15.9. The van der Waals surface area contributed by atoms with Crippen LogP contribution < -0.4 is 15.5 Å². The van der Waals surface area contributed by atoms with Crippen LogP contribution in [0.25, 0.3) is 0 Å². The Morgan fingerprint density at radius 3 is 2.54 bits per heavy atom. The molecule has 4 N–H and O–H groups in total. The number of hydrogen-bond donors (Lipinski definition) is 4. The molecule has 0 aliphatic rings. The van der Waals surface area contributed by atoms with Gasteiger partial charge in [0.1, 0.15) is 12.9 Å². The second kappa shape index (κ2) is 12.5. The number of esters is 1. The van der Waals surface area contributed by atoms with Gasteiger partial charge in [0, 0.05) is 31.4 Å². The zero-order chi connectivity index (χ0) is 28.7. The topological polar surface area (TPSA) is 189 Å². The Balaban J connectivity index is 2.04. The smallest absolute Gasteiger partial charge is 0.423 e. The van der Waals surface area contributed by atoms with Gasteiger partial charge in [-0.15, -0.1) is 0 Å². The first kappa shape index (κ1) is 28.6. The van der Waals surface area contributed by atoms with Crippen molar-refractivity contribution in [1.82, 2.24) is 15.0 Å². The highest BCUT2D eigenvalue weighted by Crippen LogP contribution is 2.27. The number of aromatic nitrogens is 2. The van der Waals surface area contributed by atoms with E-state index in [-0.39, 0.29) is 34.5 Å². The fourth-order valence-corrected chi connectivity index (χ4v) is 3.71. The fraction of sp³-hybridized carbons (Fsp3) is 0.280. The molecule has 0 atom stereocenters. The first-order valence-electron chi connectivity index (χ1n) is 11.7. The number of anilines is 2. The summed E-state index contributed by atoms with van der Waals surface area (Å²) in [5, 5.41) is 26.7. The number of carbonyl (C=O) groups excluding carboxylic acids is 4. The number of rotatable bonds is 9. The standard InChI is InChI=1S/C25H28N6O8/c1-5-27-24(35)17-11-30(4)21(15(17)3)22(26)31(25(36)38-13-37-20(33)12-32)18-10-16(7-6-14(18)2)23(34)28-19-8-9-39-29-19/h6-11,26,32H,5,12-13H2,1-4H3,(H,27,35)(H,28,29,34). The number of aryl methyl sites for hydroxylation is 2. The van der Waals surface area contributed by atoms with E-state index in [1.54, 1.807) is 33.9 Å². The molecule has 0 fully saturated rings. The van der Waals surface area contributed by atoms with Crippen LogP contribution in [0.4, 0.5) is 16.3 Å². The lowest BCUT2D eigenvalue weighted by Gasteiger charge is -2.25. The van der Waals surface area contributed by atoms with E-state index in [1.165, 1.54) is 35.2 Å². The van der Waals surface area contributed by atoms with Gasteiger partial charge in [-0.25, -0.2) is 14.5 Å². The van der Waals surface area contributed by atoms with Gasteiger partial charge in [-0.3, -0.25) is 15.0 Å². The van der Waals surface area contributed by atoms with Crippen molar-refractivity contribution in [3.63, 3.8) is 0 Å². The second-order valence-electron chi connectivity index (χ2n) is 8.21. The summed E-state index contributed by atoms with van der Waals surface area (Å²) in [5.74, 6) is -2.12. The van der Waals surface area contributed by atoms with E-state index in [0.717, 1.165) is 4.90 Å². The number of amidine groups is 1. The van der Waals surface area contributed by atoms with Gasteiger partial charge in [0.05, 0.1) is 16.9 Å². The highest BCUT2D eigenvalue weighted by Gasteiger charge is 2.30. The van der Waals surface area contributed by atoms with E-state index in [2.05, 4.69) is 20.5 Å². The molecule has 0 radical (unpaired) electrons. The second-order valence-corrected chi connectivity index (χ2v) is 8.21. The molecule has 2 heterocycles. The third-order valence-corrected chi connectivity index (χ3v) is 5.57. The van der Waals surface area contributed by atoms with Crippen LogP contribution in [0.15, 0.2) is 41.2 Å². The molecule has 39 heavy (non-hydrogen) atoms. The van der Waals surface area contributed by atoms with Gasteiger partial charge in [-0.05, 0) is 44.0 Å². The van der Waals surface area contributed by atoms with Gasteiger partial charge >= 0.3 is 12.1 Å². The average molecular weight is 541 g/mol. The number of nitrogens with one attached hydrogen (secondary N) is 3. The van der Waals surface area contributed by atoms with Crippen LogP contribution in [0.2, 0.25) is 0 Å². The van der Waals surface area contributed by atoms with Gasteiger partial charge in [-0.2, -0.15) is 0 Å².